The first kappa shape index (κ1) is 15.5. The maximum atomic E-state index is 11.4. The molecule has 0 saturated carbocycles. The van der Waals surface area contributed by atoms with Crippen molar-refractivity contribution in [3.8, 4) is 5.75 Å². The molecule has 2 N–H and O–H groups in total. The molecule has 0 aromatic heterocycles. The Balaban J connectivity index is 2.44. The van der Waals surface area contributed by atoms with E-state index in [9.17, 15) is 4.79 Å². The topological polar surface area (TPSA) is 58.6 Å². The van der Waals surface area contributed by atoms with Crippen LogP contribution in [0.15, 0.2) is 24.3 Å². The number of aliphatic hydroxyl groups excluding tert-OH is 1. The van der Waals surface area contributed by atoms with Crippen molar-refractivity contribution in [3.63, 3.8) is 0 Å². The van der Waals surface area contributed by atoms with E-state index in [4.69, 9.17) is 9.84 Å². The zero-order chi connectivity index (χ0) is 14.5. The fourth-order valence-electron chi connectivity index (χ4n) is 1.51. The molecule has 1 unspecified atom stereocenters. The molecule has 0 saturated heterocycles. The van der Waals surface area contributed by atoms with Crippen molar-refractivity contribution in [3.05, 3.63) is 29.8 Å². The Hall–Kier alpha value is -1.55. The van der Waals surface area contributed by atoms with Gasteiger partial charge >= 0.3 is 0 Å². The lowest BCUT2D eigenvalue weighted by atomic mass is 9.87. The Morgan fingerprint density at radius 1 is 1.32 bits per heavy atom. The summed E-state index contributed by atoms with van der Waals surface area (Å²) in [5.41, 5.74) is 1.33. The van der Waals surface area contributed by atoms with Gasteiger partial charge in [-0.15, -0.1) is 0 Å². The van der Waals surface area contributed by atoms with Crippen LogP contribution in [-0.2, 0) is 10.2 Å². The van der Waals surface area contributed by atoms with Crippen LogP contribution in [0, 0.1) is 0 Å². The van der Waals surface area contributed by atoms with Crippen LogP contribution >= 0.6 is 0 Å². The molecular weight excluding hydrogens is 242 g/mol. The molecule has 0 aliphatic rings. The van der Waals surface area contributed by atoms with Crippen LogP contribution in [0.4, 0.5) is 0 Å². The third kappa shape index (κ3) is 5.75. The number of carbonyl (C=O) groups is 1. The fraction of sp³-hybridized carbons (Fsp3) is 0.533. The monoisotopic (exact) mass is 265 g/mol. The van der Waals surface area contributed by atoms with E-state index in [1.165, 1.54) is 5.56 Å². The van der Waals surface area contributed by atoms with Crippen molar-refractivity contribution in [1.82, 2.24) is 5.32 Å². The molecule has 1 amide bonds. The second-order valence-corrected chi connectivity index (χ2v) is 5.72. The number of carbonyl (C=O) groups excluding carboxylic acids is 1. The first-order valence-electron chi connectivity index (χ1n) is 6.47. The molecule has 1 rings (SSSR count). The highest BCUT2D eigenvalue weighted by atomic mass is 16.5. The van der Waals surface area contributed by atoms with Crippen LogP contribution in [0.2, 0.25) is 0 Å². The first-order valence-corrected chi connectivity index (χ1v) is 6.47. The first-order chi connectivity index (χ1) is 8.79. The Labute approximate surface area is 114 Å². The molecule has 106 valence electrons. The maximum Gasteiger partial charge on any atom is 0.258 e. The van der Waals surface area contributed by atoms with Crippen molar-refractivity contribution in [2.75, 3.05) is 13.2 Å². The van der Waals surface area contributed by atoms with Crippen LogP contribution in [0.1, 0.15) is 33.3 Å². The number of amides is 1. The minimum Gasteiger partial charge on any atom is -0.484 e. The van der Waals surface area contributed by atoms with E-state index in [-0.39, 0.29) is 24.5 Å². The quantitative estimate of drug-likeness (QED) is 0.854. The molecule has 0 heterocycles. The molecule has 0 radical (unpaired) electrons. The molecule has 4 heteroatoms. The zero-order valence-corrected chi connectivity index (χ0v) is 12.1. The molecular formula is C15H23NO3. The maximum absolute atomic E-state index is 11.4. The summed E-state index contributed by atoms with van der Waals surface area (Å²) in [5.74, 6) is 0.431. The fourth-order valence-corrected chi connectivity index (χ4v) is 1.51. The molecule has 0 aliphatic heterocycles. The molecule has 0 fully saturated rings. The van der Waals surface area contributed by atoms with Crippen molar-refractivity contribution in [2.24, 2.45) is 0 Å². The number of hydrogen-bond acceptors (Lipinski definition) is 3. The van der Waals surface area contributed by atoms with E-state index in [0.29, 0.717) is 5.75 Å². The van der Waals surface area contributed by atoms with Gasteiger partial charge < -0.3 is 15.2 Å². The molecule has 0 bridgehead atoms. The summed E-state index contributed by atoms with van der Waals surface area (Å²) in [6.07, 6.45) is -0.546. The molecule has 1 aromatic carbocycles. The number of ether oxygens (including phenoxy) is 1. The van der Waals surface area contributed by atoms with Gasteiger partial charge in [0.2, 0.25) is 0 Å². The summed E-state index contributed by atoms with van der Waals surface area (Å²) in [5, 5.41) is 11.6. The molecule has 0 aliphatic carbocycles. The average molecular weight is 265 g/mol. The van der Waals surface area contributed by atoms with Gasteiger partial charge in [-0.3, -0.25) is 4.79 Å². The van der Waals surface area contributed by atoms with Gasteiger partial charge in [-0.2, -0.15) is 0 Å². The number of hydrogen-bond donors (Lipinski definition) is 2. The van der Waals surface area contributed by atoms with Gasteiger partial charge in [0.15, 0.2) is 6.61 Å². The zero-order valence-electron chi connectivity index (χ0n) is 12.1. The van der Waals surface area contributed by atoms with Gasteiger partial charge in [0, 0.05) is 6.54 Å². The van der Waals surface area contributed by atoms with Crippen molar-refractivity contribution < 1.29 is 14.6 Å². The summed E-state index contributed by atoms with van der Waals surface area (Å²) in [6.45, 7) is 8.25. The second-order valence-electron chi connectivity index (χ2n) is 5.72. The van der Waals surface area contributed by atoms with E-state index in [2.05, 4.69) is 26.1 Å². The standard InChI is InChI=1S/C15H23NO3/c1-11(17)9-16-14(18)10-19-13-7-5-12(6-8-13)15(2,3)4/h5-8,11,17H,9-10H2,1-4H3,(H,16,18). The highest BCUT2D eigenvalue weighted by molar-refractivity contribution is 5.77. The molecule has 1 atom stereocenters. The van der Waals surface area contributed by atoms with Crippen molar-refractivity contribution in [1.29, 1.82) is 0 Å². The highest BCUT2D eigenvalue weighted by Crippen LogP contribution is 2.24. The average Bonchev–Trinajstić information content (AvgIpc) is 2.33. The second kappa shape index (κ2) is 6.57. The third-order valence-corrected chi connectivity index (χ3v) is 2.68. The minimum atomic E-state index is -0.546. The third-order valence-electron chi connectivity index (χ3n) is 2.68. The lowest BCUT2D eigenvalue weighted by molar-refractivity contribution is -0.123. The van der Waals surface area contributed by atoms with Crippen LogP contribution in [0.25, 0.3) is 0 Å². The van der Waals surface area contributed by atoms with E-state index in [0.717, 1.165) is 0 Å². The normalized spacial score (nSPS) is 12.9. The molecule has 1 aromatic rings. The summed E-state index contributed by atoms with van der Waals surface area (Å²) in [6, 6.07) is 7.73. The van der Waals surface area contributed by atoms with Gasteiger partial charge in [0.25, 0.3) is 5.91 Å². The SMILES string of the molecule is CC(O)CNC(=O)COc1ccc(C(C)(C)C)cc1. The van der Waals surface area contributed by atoms with E-state index < -0.39 is 6.10 Å². The summed E-state index contributed by atoms with van der Waals surface area (Å²) in [4.78, 5) is 11.4. The highest BCUT2D eigenvalue weighted by Gasteiger charge is 2.13. The number of nitrogens with one attached hydrogen (secondary N) is 1. The van der Waals surface area contributed by atoms with Crippen molar-refractivity contribution in [2.45, 2.75) is 39.2 Å². The molecule has 4 nitrogen and oxygen atoms in total. The Kier molecular flexibility index (Phi) is 5.36. The van der Waals surface area contributed by atoms with Gasteiger partial charge in [0.1, 0.15) is 5.75 Å². The number of benzene rings is 1. The van der Waals surface area contributed by atoms with Gasteiger partial charge in [0.05, 0.1) is 6.10 Å². The lowest BCUT2D eigenvalue weighted by Gasteiger charge is -2.19. The molecule has 0 spiro atoms. The summed E-state index contributed by atoms with van der Waals surface area (Å²) in [7, 11) is 0. The molecule has 19 heavy (non-hydrogen) atoms. The van der Waals surface area contributed by atoms with Crippen molar-refractivity contribution >= 4 is 5.91 Å². The Morgan fingerprint density at radius 2 is 1.89 bits per heavy atom. The van der Waals surface area contributed by atoms with Crippen LogP contribution in [-0.4, -0.2) is 30.3 Å². The van der Waals surface area contributed by atoms with E-state index >= 15 is 0 Å². The van der Waals surface area contributed by atoms with Gasteiger partial charge in [-0.25, -0.2) is 0 Å². The smallest absolute Gasteiger partial charge is 0.258 e. The number of aliphatic hydroxyl groups is 1. The summed E-state index contributed by atoms with van der Waals surface area (Å²) < 4.78 is 5.37. The van der Waals surface area contributed by atoms with Gasteiger partial charge in [-0.1, -0.05) is 32.9 Å². The van der Waals surface area contributed by atoms with Gasteiger partial charge in [-0.05, 0) is 30.0 Å². The minimum absolute atomic E-state index is 0.0401. The van der Waals surface area contributed by atoms with Crippen LogP contribution in [0.3, 0.4) is 0 Å². The van der Waals surface area contributed by atoms with E-state index in [1.807, 2.05) is 24.3 Å². The predicted molar refractivity (Wildman–Crippen MR) is 75.3 cm³/mol. The van der Waals surface area contributed by atoms with Crippen LogP contribution < -0.4 is 10.1 Å². The summed E-state index contributed by atoms with van der Waals surface area (Å²) >= 11 is 0. The lowest BCUT2D eigenvalue weighted by Crippen LogP contribution is -2.34. The van der Waals surface area contributed by atoms with E-state index in [1.54, 1.807) is 6.92 Å². The Bertz CT molecular complexity index is 404. The largest absolute Gasteiger partial charge is 0.484 e. The predicted octanol–water partition coefficient (Wildman–Crippen LogP) is 1.86. The van der Waals surface area contributed by atoms with Crippen LogP contribution in [0.5, 0.6) is 5.75 Å². The number of rotatable bonds is 5. The Morgan fingerprint density at radius 3 is 2.37 bits per heavy atom.